The summed E-state index contributed by atoms with van der Waals surface area (Å²) in [6, 6.07) is 0. The molecule has 5 rings (SSSR count). The molecule has 5 aliphatic carbocycles. The topological polar surface area (TPSA) is 89.9 Å². The SMILES string of the molecule is CC(=O)OC[C@]12CC[C@@H](OC(C)=O)C(C)(C)C1CC[C@]1(C)[C@@H]2CC=C2[C@@H]3CC(C)(C)CC[C@]3(C(=O)O)CC[C@]21C. The average Bonchev–Trinajstić information content (AvgIpc) is 2.84. The van der Waals surface area contributed by atoms with Crippen molar-refractivity contribution in [3.05, 3.63) is 11.6 Å². The number of ether oxygens (including phenoxy) is 2. The van der Waals surface area contributed by atoms with Crippen LogP contribution in [0.15, 0.2) is 11.6 Å². The Morgan fingerprint density at radius 2 is 1.55 bits per heavy atom. The molecule has 1 unspecified atom stereocenters. The Hall–Kier alpha value is -1.85. The minimum Gasteiger partial charge on any atom is -0.481 e. The van der Waals surface area contributed by atoms with Crippen LogP contribution in [0.2, 0.25) is 0 Å². The van der Waals surface area contributed by atoms with Gasteiger partial charge in [0, 0.05) is 24.7 Å². The molecule has 6 heteroatoms. The van der Waals surface area contributed by atoms with Crippen LogP contribution in [0.25, 0.3) is 0 Å². The number of allylic oxidation sites excluding steroid dienone is 2. The number of hydrogen-bond acceptors (Lipinski definition) is 5. The van der Waals surface area contributed by atoms with E-state index in [-0.39, 0.29) is 57.0 Å². The van der Waals surface area contributed by atoms with Gasteiger partial charge in [-0.25, -0.2) is 0 Å². The molecule has 0 aromatic heterocycles. The molecule has 6 nitrogen and oxygen atoms in total. The lowest BCUT2D eigenvalue weighted by atomic mass is 9.33. The molecule has 224 valence electrons. The van der Waals surface area contributed by atoms with Gasteiger partial charge in [0.1, 0.15) is 6.10 Å². The van der Waals surface area contributed by atoms with E-state index in [1.54, 1.807) is 0 Å². The van der Waals surface area contributed by atoms with Gasteiger partial charge >= 0.3 is 17.9 Å². The van der Waals surface area contributed by atoms with Crippen LogP contribution in [0.1, 0.15) is 120 Å². The maximum Gasteiger partial charge on any atom is 0.310 e. The highest BCUT2D eigenvalue weighted by Gasteiger charge is 2.70. The van der Waals surface area contributed by atoms with Crippen LogP contribution >= 0.6 is 0 Å². The van der Waals surface area contributed by atoms with Gasteiger partial charge in [0.25, 0.3) is 0 Å². The first-order valence-electron chi connectivity index (χ1n) is 15.7. The fourth-order valence-electron chi connectivity index (χ4n) is 11.2. The summed E-state index contributed by atoms with van der Waals surface area (Å²) in [6.45, 7) is 17.4. The van der Waals surface area contributed by atoms with Crippen LogP contribution in [0.5, 0.6) is 0 Å². The second-order valence-corrected chi connectivity index (χ2v) is 16.1. The Kier molecular flexibility index (Phi) is 6.91. The van der Waals surface area contributed by atoms with E-state index >= 15 is 0 Å². The fraction of sp³-hybridized carbons (Fsp3) is 0.853. The van der Waals surface area contributed by atoms with Crippen molar-refractivity contribution in [2.75, 3.05) is 6.61 Å². The molecular formula is C34H52O6. The van der Waals surface area contributed by atoms with Crippen LogP contribution < -0.4 is 0 Å². The molecule has 4 saturated carbocycles. The number of esters is 2. The quantitative estimate of drug-likeness (QED) is 0.288. The number of carbonyl (C=O) groups excluding carboxylic acids is 2. The van der Waals surface area contributed by atoms with Gasteiger partial charge in [0.2, 0.25) is 0 Å². The van der Waals surface area contributed by atoms with Crippen LogP contribution in [0.4, 0.5) is 0 Å². The molecule has 0 aromatic carbocycles. The first kappa shape index (κ1) is 29.6. The highest BCUT2D eigenvalue weighted by Crippen LogP contribution is 2.76. The van der Waals surface area contributed by atoms with Crippen molar-refractivity contribution >= 4 is 17.9 Å². The molecule has 8 atom stereocenters. The smallest absolute Gasteiger partial charge is 0.310 e. The van der Waals surface area contributed by atoms with Crippen LogP contribution in [0.3, 0.4) is 0 Å². The predicted molar refractivity (Wildman–Crippen MR) is 153 cm³/mol. The largest absolute Gasteiger partial charge is 0.481 e. The highest BCUT2D eigenvalue weighted by atomic mass is 16.5. The zero-order chi connectivity index (χ0) is 29.5. The molecule has 4 fully saturated rings. The van der Waals surface area contributed by atoms with Crippen molar-refractivity contribution in [3.8, 4) is 0 Å². The monoisotopic (exact) mass is 556 g/mol. The zero-order valence-corrected chi connectivity index (χ0v) is 26.2. The molecule has 0 amide bonds. The lowest BCUT2D eigenvalue weighted by Crippen LogP contribution is -2.67. The summed E-state index contributed by atoms with van der Waals surface area (Å²) in [6.07, 6.45) is 11.1. The van der Waals surface area contributed by atoms with E-state index in [0.717, 1.165) is 64.2 Å². The van der Waals surface area contributed by atoms with Crippen LogP contribution in [-0.2, 0) is 23.9 Å². The van der Waals surface area contributed by atoms with Gasteiger partial charge in [-0.15, -0.1) is 0 Å². The van der Waals surface area contributed by atoms with Crippen molar-refractivity contribution < 1.29 is 29.0 Å². The summed E-state index contributed by atoms with van der Waals surface area (Å²) in [5.41, 5.74) is 0.296. The number of carboxylic acid groups (broad SMARTS) is 1. The van der Waals surface area contributed by atoms with Gasteiger partial charge in [-0.3, -0.25) is 14.4 Å². The molecule has 5 aliphatic rings. The third-order valence-electron chi connectivity index (χ3n) is 13.6. The van der Waals surface area contributed by atoms with E-state index in [0.29, 0.717) is 12.5 Å². The first-order chi connectivity index (χ1) is 18.5. The van der Waals surface area contributed by atoms with Gasteiger partial charge in [-0.05, 0) is 98.2 Å². The Balaban J connectivity index is 1.61. The van der Waals surface area contributed by atoms with Gasteiger partial charge in [0.15, 0.2) is 0 Å². The summed E-state index contributed by atoms with van der Waals surface area (Å²) >= 11 is 0. The lowest BCUT2D eigenvalue weighted by Gasteiger charge is -2.71. The van der Waals surface area contributed by atoms with Crippen molar-refractivity contribution in [3.63, 3.8) is 0 Å². The molecule has 0 saturated heterocycles. The maximum absolute atomic E-state index is 12.9. The van der Waals surface area contributed by atoms with Gasteiger partial charge < -0.3 is 14.6 Å². The van der Waals surface area contributed by atoms with E-state index in [1.165, 1.54) is 19.4 Å². The molecule has 40 heavy (non-hydrogen) atoms. The van der Waals surface area contributed by atoms with Crippen molar-refractivity contribution in [1.82, 2.24) is 0 Å². The van der Waals surface area contributed by atoms with Crippen LogP contribution in [-0.4, -0.2) is 35.7 Å². The minimum atomic E-state index is -0.652. The molecule has 0 bridgehead atoms. The fourth-order valence-corrected chi connectivity index (χ4v) is 11.2. The van der Waals surface area contributed by atoms with E-state index < -0.39 is 11.4 Å². The summed E-state index contributed by atoms with van der Waals surface area (Å²) in [7, 11) is 0. The molecule has 0 spiro atoms. The van der Waals surface area contributed by atoms with Crippen molar-refractivity contribution in [2.24, 2.45) is 50.2 Å². The number of aliphatic carboxylic acids is 1. The third-order valence-corrected chi connectivity index (χ3v) is 13.6. The van der Waals surface area contributed by atoms with Crippen LogP contribution in [0, 0.1) is 50.2 Å². The standard InChI is InChI=1S/C34H52O6/c1-21(35)39-20-34-14-12-27(40-22(2)36)30(5,6)25(34)11-13-32(8)26(34)10-9-23-24-19-29(3,4)15-17-33(24,28(37)38)18-16-31(23,32)7/h9,24-27H,10-20H2,1-8H3,(H,37,38)/t24-,25?,26-,27+,31+,32+,33-,34+/m0/s1. The maximum atomic E-state index is 12.9. The summed E-state index contributed by atoms with van der Waals surface area (Å²) in [4.78, 5) is 37.2. The minimum absolute atomic E-state index is 0.0374. The van der Waals surface area contributed by atoms with E-state index in [1.807, 2.05) is 0 Å². The first-order valence-corrected chi connectivity index (χ1v) is 15.7. The summed E-state index contributed by atoms with van der Waals surface area (Å²) in [5.74, 6) is -0.453. The number of carbonyl (C=O) groups is 3. The number of hydrogen-bond donors (Lipinski definition) is 1. The van der Waals surface area contributed by atoms with E-state index in [9.17, 15) is 19.5 Å². The summed E-state index contributed by atoms with van der Waals surface area (Å²) < 4.78 is 11.8. The number of fused-ring (bicyclic) bond motifs is 7. The van der Waals surface area contributed by atoms with Gasteiger partial charge in [-0.2, -0.15) is 0 Å². The summed E-state index contributed by atoms with van der Waals surface area (Å²) in [5, 5.41) is 10.6. The third kappa shape index (κ3) is 4.04. The molecule has 1 N–H and O–H groups in total. The highest BCUT2D eigenvalue weighted by molar-refractivity contribution is 5.76. The average molecular weight is 557 g/mol. The Morgan fingerprint density at radius 3 is 2.17 bits per heavy atom. The normalized spacial score (nSPS) is 45.0. The van der Waals surface area contributed by atoms with Gasteiger partial charge in [-0.1, -0.05) is 53.2 Å². The molecule has 0 radical (unpaired) electrons. The molecular weight excluding hydrogens is 504 g/mol. The molecule has 0 aromatic rings. The Morgan fingerprint density at radius 1 is 0.875 bits per heavy atom. The van der Waals surface area contributed by atoms with Gasteiger partial charge in [0.05, 0.1) is 12.0 Å². The predicted octanol–water partition coefficient (Wildman–Crippen LogP) is 7.35. The van der Waals surface area contributed by atoms with Crippen molar-refractivity contribution in [2.45, 2.75) is 126 Å². The molecule has 0 heterocycles. The van der Waals surface area contributed by atoms with E-state index in [2.05, 4.69) is 47.6 Å². The van der Waals surface area contributed by atoms with E-state index in [4.69, 9.17) is 9.47 Å². The number of carboxylic acids is 1. The Bertz CT molecular complexity index is 1120. The number of rotatable bonds is 4. The Labute approximate surface area is 241 Å². The lowest BCUT2D eigenvalue weighted by molar-refractivity contribution is -0.231. The second-order valence-electron chi connectivity index (χ2n) is 16.1. The zero-order valence-electron chi connectivity index (χ0n) is 26.2. The van der Waals surface area contributed by atoms with Crippen molar-refractivity contribution in [1.29, 1.82) is 0 Å². The second kappa shape index (κ2) is 9.33. The molecule has 0 aliphatic heterocycles.